The zero-order chi connectivity index (χ0) is 15.0. The van der Waals surface area contributed by atoms with E-state index in [0.29, 0.717) is 11.0 Å². The Balaban J connectivity index is 2.21. The average molecular weight is 299 g/mol. The first kappa shape index (κ1) is 13.8. The van der Waals surface area contributed by atoms with Crippen LogP contribution >= 0.6 is 11.6 Å². The molecule has 5 heteroatoms. The SMILES string of the molecule is Cc1c(Cl)nc(-c2cnn(C)c2C)nc1-c1ccccc1. The van der Waals surface area contributed by atoms with Gasteiger partial charge in [-0.15, -0.1) is 0 Å². The molecule has 0 bridgehead atoms. The largest absolute Gasteiger partial charge is 0.272 e. The third-order valence-electron chi connectivity index (χ3n) is 3.61. The van der Waals surface area contributed by atoms with E-state index in [9.17, 15) is 0 Å². The van der Waals surface area contributed by atoms with Gasteiger partial charge in [-0.05, 0) is 13.8 Å². The van der Waals surface area contributed by atoms with Crippen LogP contribution in [0.5, 0.6) is 0 Å². The molecule has 0 unspecified atom stereocenters. The Morgan fingerprint density at radius 2 is 1.76 bits per heavy atom. The van der Waals surface area contributed by atoms with Gasteiger partial charge in [0.2, 0.25) is 0 Å². The highest BCUT2D eigenvalue weighted by molar-refractivity contribution is 6.30. The van der Waals surface area contributed by atoms with Gasteiger partial charge in [-0.1, -0.05) is 41.9 Å². The van der Waals surface area contributed by atoms with Crippen molar-refractivity contribution in [2.75, 3.05) is 0 Å². The zero-order valence-electron chi connectivity index (χ0n) is 12.1. The van der Waals surface area contributed by atoms with Crippen LogP contribution in [-0.4, -0.2) is 19.7 Å². The van der Waals surface area contributed by atoms with Gasteiger partial charge in [0, 0.05) is 23.9 Å². The predicted molar refractivity (Wildman–Crippen MR) is 84.2 cm³/mol. The predicted octanol–water partition coefficient (Wildman–Crippen LogP) is 3.81. The van der Waals surface area contributed by atoms with Gasteiger partial charge < -0.3 is 0 Å². The van der Waals surface area contributed by atoms with Crippen LogP contribution in [0, 0.1) is 13.8 Å². The number of halogens is 1. The molecule has 3 rings (SSSR count). The van der Waals surface area contributed by atoms with E-state index < -0.39 is 0 Å². The third kappa shape index (κ3) is 2.43. The molecule has 0 aliphatic rings. The minimum absolute atomic E-state index is 0.474. The molecule has 0 fully saturated rings. The highest BCUT2D eigenvalue weighted by Crippen LogP contribution is 2.29. The standard InChI is InChI=1S/C16H15ClN4/c1-10-14(12-7-5-4-6-8-12)19-16(20-15(10)17)13-9-18-21(3)11(13)2/h4-9H,1-3H3. The van der Waals surface area contributed by atoms with Crippen molar-refractivity contribution in [1.82, 2.24) is 19.7 Å². The van der Waals surface area contributed by atoms with E-state index in [-0.39, 0.29) is 0 Å². The minimum Gasteiger partial charge on any atom is -0.272 e. The summed E-state index contributed by atoms with van der Waals surface area (Å²) in [6, 6.07) is 9.99. The fourth-order valence-electron chi connectivity index (χ4n) is 2.21. The lowest BCUT2D eigenvalue weighted by Gasteiger charge is -2.09. The van der Waals surface area contributed by atoms with Gasteiger partial charge >= 0.3 is 0 Å². The number of hydrogen-bond donors (Lipinski definition) is 0. The van der Waals surface area contributed by atoms with Crippen molar-refractivity contribution in [3.05, 3.63) is 52.9 Å². The molecule has 0 atom stereocenters. The Kier molecular flexibility index (Phi) is 3.47. The topological polar surface area (TPSA) is 43.6 Å². The third-order valence-corrected chi connectivity index (χ3v) is 3.98. The highest BCUT2D eigenvalue weighted by atomic mass is 35.5. The number of hydrogen-bond acceptors (Lipinski definition) is 3. The van der Waals surface area contributed by atoms with Gasteiger partial charge in [0.05, 0.1) is 17.5 Å². The van der Waals surface area contributed by atoms with Crippen molar-refractivity contribution in [2.45, 2.75) is 13.8 Å². The summed E-state index contributed by atoms with van der Waals surface area (Å²) in [4.78, 5) is 9.10. The molecule has 0 N–H and O–H groups in total. The molecule has 4 nitrogen and oxygen atoms in total. The lowest BCUT2D eigenvalue weighted by molar-refractivity contribution is 0.740. The first-order valence-corrected chi connectivity index (χ1v) is 7.04. The second kappa shape index (κ2) is 5.30. The molecular weight excluding hydrogens is 284 g/mol. The van der Waals surface area contributed by atoms with Crippen molar-refractivity contribution in [3.8, 4) is 22.6 Å². The van der Waals surface area contributed by atoms with Gasteiger partial charge in [-0.3, -0.25) is 4.68 Å². The van der Waals surface area contributed by atoms with Gasteiger partial charge in [0.15, 0.2) is 5.82 Å². The van der Waals surface area contributed by atoms with Crippen LogP contribution < -0.4 is 0 Å². The molecular formula is C16H15ClN4. The van der Waals surface area contributed by atoms with Gasteiger partial charge in [-0.25, -0.2) is 9.97 Å². The second-order valence-electron chi connectivity index (χ2n) is 4.94. The van der Waals surface area contributed by atoms with Gasteiger partial charge in [-0.2, -0.15) is 5.10 Å². The molecule has 2 heterocycles. The molecule has 3 aromatic rings. The lowest BCUT2D eigenvalue weighted by atomic mass is 10.1. The van der Waals surface area contributed by atoms with Crippen molar-refractivity contribution >= 4 is 11.6 Å². The Morgan fingerprint density at radius 1 is 1.05 bits per heavy atom. The number of benzene rings is 1. The lowest BCUT2D eigenvalue weighted by Crippen LogP contribution is -1.99. The molecule has 106 valence electrons. The summed E-state index contributed by atoms with van der Waals surface area (Å²) >= 11 is 6.30. The summed E-state index contributed by atoms with van der Waals surface area (Å²) in [7, 11) is 1.90. The molecule has 0 saturated carbocycles. The fraction of sp³-hybridized carbons (Fsp3) is 0.188. The Labute approximate surface area is 128 Å². The highest BCUT2D eigenvalue weighted by Gasteiger charge is 2.15. The molecule has 1 aromatic carbocycles. The monoisotopic (exact) mass is 298 g/mol. The summed E-state index contributed by atoms with van der Waals surface area (Å²) in [6.45, 7) is 3.92. The summed E-state index contributed by atoms with van der Waals surface area (Å²) in [5.41, 5.74) is 4.68. The Morgan fingerprint density at radius 3 is 2.38 bits per heavy atom. The quantitative estimate of drug-likeness (QED) is 0.676. The molecule has 0 saturated heterocycles. The number of aryl methyl sites for hydroxylation is 1. The van der Waals surface area contributed by atoms with Gasteiger partial charge in [0.1, 0.15) is 5.15 Å². The molecule has 0 aliphatic carbocycles. The first-order chi connectivity index (χ1) is 10.1. The normalized spacial score (nSPS) is 10.9. The molecule has 0 aliphatic heterocycles. The summed E-state index contributed by atoms with van der Waals surface area (Å²) < 4.78 is 1.80. The first-order valence-electron chi connectivity index (χ1n) is 6.66. The second-order valence-corrected chi connectivity index (χ2v) is 5.30. The summed E-state index contributed by atoms with van der Waals surface area (Å²) in [5.74, 6) is 0.607. The van der Waals surface area contributed by atoms with Crippen molar-refractivity contribution in [1.29, 1.82) is 0 Å². The molecule has 0 radical (unpaired) electrons. The zero-order valence-corrected chi connectivity index (χ0v) is 12.9. The van der Waals surface area contributed by atoms with Crippen molar-refractivity contribution < 1.29 is 0 Å². The van der Waals surface area contributed by atoms with E-state index in [1.807, 2.05) is 51.2 Å². The molecule has 0 spiro atoms. The maximum Gasteiger partial charge on any atom is 0.164 e. The van der Waals surface area contributed by atoms with E-state index in [1.165, 1.54) is 0 Å². The fourth-order valence-corrected chi connectivity index (χ4v) is 2.37. The van der Waals surface area contributed by atoms with E-state index >= 15 is 0 Å². The van der Waals surface area contributed by atoms with Crippen LogP contribution in [0.2, 0.25) is 5.15 Å². The van der Waals surface area contributed by atoms with Gasteiger partial charge in [0.25, 0.3) is 0 Å². The van der Waals surface area contributed by atoms with Crippen LogP contribution in [0.1, 0.15) is 11.3 Å². The molecule has 21 heavy (non-hydrogen) atoms. The van der Waals surface area contributed by atoms with Crippen LogP contribution in [0.25, 0.3) is 22.6 Å². The van der Waals surface area contributed by atoms with E-state index in [4.69, 9.17) is 16.6 Å². The summed E-state index contributed by atoms with van der Waals surface area (Å²) in [5, 5.41) is 4.71. The van der Waals surface area contributed by atoms with Crippen LogP contribution in [0.3, 0.4) is 0 Å². The number of nitrogens with zero attached hydrogens (tertiary/aromatic N) is 4. The summed E-state index contributed by atoms with van der Waals surface area (Å²) in [6.07, 6.45) is 1.77. The van der Waals surface area contributed by atoms with E-state index in [2.05, 4.69) is 10.1 Å². The maximum atomic E-state index is 6.30. The number of aromatic nitrogens is 4. The Bertz CT molecular complexity index is 794. The Hall–Kier alpha value is -2.20. The molecule has 0 amide bonds. The molecule has 2 aromatic heterocycles. The van der Waals surface area contributed by atoms with E-state index in [0.717, 1.165) is 28.1 Å². The van der Waals surface area contributed by atoms with Crippen LogP contribution in [0.4, 0.5) is 0 Å². The number of rotatable bonds is 2. The van der Waals surface area contributed by atoms with E-state index in [1.54, 1.807) is 10.9 Å². The van der Waals surface area contributed by atoms with Crippen LogP contribution in [-0.2, 0) is 7.05 Å². The minimum atomic E-state index is 0.474. The van der Waals surface area contributed by atoms with Crippen LogP contribution in [0.15, 0.2) is 36.5 Å². The smallest absolute Gasteiger partial charge is 0.164 e. The van der Waals surface area contributed by atoms with Crippen molar-refractivity contribution in [3.63, 3.8) is 0 Å². The maximum absolute atomic E-state index is 6.30. The average Bonchev–Trinajstić information content (AvgIpc) is 2.83. The van der Waals surface area contributed by atoms with Crippen molar-refractivity contribution in [2.24, 2.45) is 7.05 Å².